The van der Waals surface area contributed by atoms with Crippen molar-refractivity contribution < 1.29 is 18.7 Å². The fourth-order valence-electron chi connectivity index (χ4n) is 4.83. The first kappa shape index (κ1) is 20.7. The summed E-state index contributed by atoms with van der Waals surface area (Å²) in [6, 6.07) is 10.1. The van der Waals surface area contributed by atoms with E-state index in [1.54, 1.807) is 49.3 Å². The summed E-state index contributed by atoms with van der Waals surface area (Å²) in [4.78, 5) is 22.0. The van der Waals surface area contributed by atoms with Gasteiger partial charge in [0, 0.05) is 41.7 Å². The Morgan fingerprint density at radius 3 is 2.82 bits per heavy atom. The molecule has 2 aromatic heterocycles. The highest BCUT2D eigenvalue weighted by atomic mass is 19.1. The zero-order valence-corrected chi connectivity index (χ0v) is 18.7. The highest BCUT2D eigenvalue weighted by Crippen LogP contribution is 2.57. The molecule has 2 fully saturated rings. The fourth-order valence-corrected chi connectivity index (χ4v) is 4.83. The van der Waals surface area contributed by atoms with Crippen LogP contribution >= 0.6 is 0 Å². The Kier molecular flexibility index (Phi) is 4.63. The number of carbonyl (C=O) groups is 1. The fraction of sp³-hybridized carbons (Fsp3) is 0.280. The molecule has 1 N–H and O–H groups in total. The van der Waals surface area contributed by atoms with Gasteiger partial charge in [0.05, 0.1) is 42.6 Å². The Morgan fingerprint density at radius 2 is 2.09 bits per heavy atom. The molecule has 1 saturated carbocycles. The summed E-state index contributed by atoms with van der Waals surface area (Å²) in [6.07, 6.45) is 4.09. The van der Waals surface area contributed by atoms with Gasteiger partial charge in [-0.2, -0.15) is 5.10 Å². The summed E-state index contributed by atoms with van der Waals surface area (Å²) in [7, 11) is 3.33. The molecule has 6 rings (SSSR count). The summed E-state index contributed by atoms with van der Waals surface area (Å²) >= 11 is 0. The third-order valence-electron chi connectivity index (χ3n) is 6.78. The normalized spacial score (nSPS) is 20.9. The first-order valence-corrected chi connectivity index (χ1v) is 11.0. The average Bonchev–Trinajstić information content (AvgIpc) is 3.18. The van der Waals surface area contributed by atoms with Crippen molar-refractivity contribution >= 4 is 22.5 Å². The molecule has 0 spiro atoms. The molecule has 1 aliphatic heterocycles. The van der Waals surface area contributed by atoms with Crippen molar-refractivity contribution in [2.75, 3.05) is 25.6 Å². The van der Waals surface area contributed by atoms with Crippen molar-refractivity contribution in [3.05, 3.63) is 54.7 Å². The minimum absolute atomic E-state index is 0.0699. The van der Waals surface area contributed by atoms with Crippen LogP contribution in [-0.2, 0) is 16.6 Å². The van der Waals surface area contributed by atoms with Crippen LogP contribution in [0.1, 0.15) is 6.42 Å². The number of nitrogens with zero attached hydrogens (tertiary/aromatic N) is 4. The largest absolute Gasteiger partial charge is 0.494 e. The van der Waals surface area contributed by atoms with Crippen LogP contribution in [0.2, 0.25) is 0 Å². The Balaban J connectivity index is 1.48. The molecular formula is C25H22FN5O3. The average molecular weight is 459 g/mol. The molecule has 2 aromatic carbocycles. The number of nitrogens with one attached hydrogen (secondary N) is 1. The Morgan fingerprint density at radius 1 is 1.24 bits per heavy atom. The summed E-state index contributed by atoms with van der Waals surface area (Å²) in [6.45, 7) is 1.07. The van der Waals surface area contributed by atoms with Crippen LogP contribution in [0.5, 0.6) is 5.75 Å². The van der Waals surface area contributed by atoms with Gasteiger partial charge in [-0.1, -0.05) is 12.1 Å². The van der Waals surface area contributed by atoms with E-state index in [9.17, 15) is 9.18 Å². The molecule has 0 unspecified atom stereocenters. The number of carbonyl (C=O) groups excluding carboxylic acids is 1. The Hall–Kier alpha value is -3.85. The first-order chi connectivity index (χ1) is 16.5. The standard InChI is InChI=1S/C25H22FN5O3/c1-31-10-17(23(30-31)15-5-3-4-6-18(15)26)22-16-7-20(21(33-2)8-19(16)27-13-28-22)29-24(32)25-9-14(25)11-34-12-25/h3-8,10,13-14H,9,11-12H2,1-2H3,(H,29,32)/t14-,25-/m0/s1. The maximum Gasteiger partial charge on any atom is 0.233 e. The smallest absolute Gasteiger partial charge is 0.233 e. The number of amides is 1. The molecule has 1 saturated heterocycles. The molecule has 34 heavy (non-hydrogen) atoms. The quantitative estimate of drug-likeness (QED) is 0.488. The maximum atomic E-state index is 14.6. The van der Waals surface area contributed by atoms with Crippen molar-refractivity contribution in [2.24, 2.45) is 18.4 Å². The van der Waals surface area contributed by atoms with E-state index < -0.39 is 5.41 Å². The van der Waals surface area contributed by atoms with Crippen LogP contribution in [0, 0.1) is 17.2 Å². The number of hydrogen-bond donors (Lipinski definition) is 1. The second kappa shape index (κ2) is 7.59. The lowest BCUT2D eigenvalue weighted by Gasteiger charge is -2.16. The van der Waals surface area contributed by atoms with Gasteiger partial charge in [-0.25, -0.2) is 14.4 Å². The number of aromatic nitrogens is 4. The lowest BCUT2D eigenvalue weighted by Crippen LogP contribution is -2.27. The maximum absolute atomic E-state index is 14.6. The summed E-state index contributed by atoms with van der Waals surface area (Å²) in [5.74, 6) is 0.335. The van der Waals surface area contributed by atoms with E-state index in [4.69, 9.17) is 9.47 Å². The highest BCUT2D eigenvalue weighted by Gasteiger charge is 2.63. The summed E-state index contributed by atoms with van der Waals surface area (Å²) in [5, 5.41) is 8.23. The SMILES string of the molecule is COc1cc2ncnc(-c3cn(C)nc3-c3ccccc3F)c2cc1NC(=O)[C@@]12COC[C@@H]1C2. The number of benzene rings is 2. The Bertz CT molecular complexity index is 1450. The molecule has 1 amide bonds. The van der Waals surface area contributed by atoms with Gasteiger partial charge in [-0.3, -0.25) is 9.48 Å². The minimum Gasteiger partial charge on any atom is -0.494 e. The third-order valence-corrected chi connectivity index (χ3v) is 6.78. The second-order valence-electron chi connectivity index (χ2n) is 8.86. The van der Waals surface area contributed by atoms with Gasteiger partial charge in [0.1, 0.15) is 23.6 Å². The van der Waals surface area contributed by atoms with Crippen LogP contribution in [0.25, 0.3) is 33.4 Å². The molecule has 3 heterocycles. The van der Waals surface area contributed by atoms with Crippen molar-refractivity contribution in [1.29, 1.82) is 0 Å². The van der Waals surface area contributed by atoms with E-state index in [-0.39, 0.29) is 17.6 Å². The van der Waals surface area contributed by atoms with Gasteiger partial charge in [-0.05, 0) is 24.6 Å². The summed E-state index contributed by atoms with van der Waals surface area (Å²) < 4.78 is 27.3. The predicted octanol–water partition coefficient (Wildman–Crippen LogP) is 3.82. The number of aryl methyl sites for hydroxylation is 1. The first-order valence-electron chi connectivity index (χ1n) is 11.0. The van der Waals surface area contributed by atoms with Crippen molar-refractivity contribution in [2.45, 2.75) is 6.42 Å². The number of ether oxygens (including phenoxy) is 2. The van der Waals surface area contributed by atoms with Crippen LogP contribution in [-0.4, -0.2) is 46.0 Å². The molecule has 1 aliphatic carbocycles. The molecule has 9 heteroatoms. The Labute approximate surface area is 194 Å². The molecule has 8 nitrogen and oxygen atoms in total. The van der Waals surface area contributed by atoms with Crippen LogP contribution in [0.15, 0.2) is 48.9 Å². The van der Waals surface area contributed by atoms with Gasteiger partial charge in [-0.15, -0.1) is 0 Å². The van der Waals surface area contributed by atoms with Gasteiger partial charge in [0.15, 0.2) is 0 Å². The molecular weight excluding hydrogens is 437 g/mol. The molecule has 2 aliphatic rings. The van der Waals surface area contributed by atoms with Crippen LogP contribution < -0.4 is 10.1 Å². The van der Waals surface area contributed by atoms with E-state index in [0.717, 1.165) is 6.42 Å². The van der Waals surface area contributed by atoms with Crippen LogP contribution in [0.3, 0.4) is 0 Å². The van der Waals surface area contributed by atoms with Crippen LogP contribution in [0.4, 0.5) is 10.1 Å². The van der Waals surface area contributed by atoms with E-state index in [0.29, 0.717) is 58.1 Å². The molecule has 0 radical (unpaired) electrons. The van der Waals surface area contributed by atoms with E-state index in [2.05, 4.69) is 20.4 Å². The van der Waals surface area contributed by atoms with Gasteiger partial charge < -0.3 is 14.8 Å². The molecule has 2 atom stereocenters. The van der Waals surface area contributed by atoms with Gasteiger partial charge >= 0.3 is 0 Å². The number of hydrogen-bond acceptors (Lipinski definition) is 6. The second-order valence-corrected chi connectivity index (χ2v) is 8.86. The number of methoxy groups -OCH3 is 1. The number of halogens is 1. The van der Waals surface area contributed by atoms with Crippen molar-refractivity contribution in [3.63, 3.8) is 0 Å². The highest BCUT2D eigenvalue weighted by molar-refractivity contribution is 6.04. The zero-order chi connectivity index (χ0) is 23.4. The topological polar surface area (TPSA) is 91.2 Å². The van der Waals surface area contributed by atoms with Gasteiger partial charge in [0.2, 0.25) is 5.91 Å². The summed E-state index contributed by atoms with van der Waals surface area (Å²) in [5.41, 5.74) is 2.82. The van der Waals surface area contributed by atoms with Crippen molar-refractivity contribution in [1.82, 2.24) is 19.7 Å². The number of rotatable bonds is 5. The predicted molar refractivity (Wildman–Crippen MR) is 124 cm³/mol. The lowest BCUT2D eigenvalue weighted by atomic mass is 10.0. The zero-order valence-electron chi connectivity index (χ0n) is 18.7. The molecule has 172 valence electrons. The van der Waals surface area contributed by atoms with Crippen molar-refractivity contribution in [3.8, 4) is 28.3 Å². The number of fused-ring (bicyclic) bond motifs is 2. The molecule has 4 aromatic rings. The van der Waals surface area contributed by atoms with E-state index in [1.807, 2.05) is 6.07 Å². The monoisotopic (exact) mass is 459 g/mol. The number of anilines is 1. The minimum atomic E-state index is -0.447. The van der Waals surface area contributed by atoms with E-state index in [1.165, 1.54) is 12.4 Å². The third kappa shape index (κ3) is 3.15. The molecule has 0 bridgehead atoms. The lowest BCUT2D eigenvalue weighted by molar-refractivity contribution is -0.121. The van der Waals surface area contributed by atoms with E-state index >= 15 is 0 Å². The van der Waals surface area contributed by atoms with Gasteiger partial charge in [0.25, 0.3) is 0 Å².